The molecule has 1 unspecified atom stereocenters. The quantitative estimate of drug-likeness (QED) is 0.0615. The van der Waals surface area contributed by atoms with E-state index in [4.69, 9.17) is 10.8 Å². The van der Waals surface area contributed by atoms with Crippen LogP contribution >= 0.6 is 0 Å². The molecule has 10 heteroatoms. The molecule has 1 aromatic carbocycles. The Morgan fingerprint density at radius 1 is 0.848 bits per heavy atom. The highest BCUT2D eigenvalue weighted by Crippen LogP contribution is 2.20. The summed E-state index contributed by atoms with van der Waals surface area (Å²) in [6.07, 6.45) is 15.5. The average Bonchev–Trinajstić information content (AvgIpc) is 3.33. The fourth-order valence-electron chi connectivity index (χ4n) is 5.93. The molecule has 0 aliphatic carbocycles. The van der Waals surface area contributed by atoms with Crippen LogP contribution in [0.15, 0.2) is 30.3 Å². The first-order valence-electron chi connectivity index (χ1n) is 18.0. The van der Waals surface area contributed by atoms with Gasteiger partial charge in [0.25, 0.3) is 0 Å². The minimum atomic E-state index is -0.0422. The second-order valence-electron chi connectivity index (χ2n) is 12.9. The van der Waals surface area contributed by atoms with Crippen LogP contribution < -0.4 is 10.6 Å². The summed E-state index contributed by atoms with van der Waals surface area (Å²) in [5.74, 6) is 0.407. The summed E-state index contributed by atoms with van der Waals surface area (Å²) in [7, 11) is 2.10. The van der Waals surface area contributed by atoms with E-state index >= 15 is 0 Å². The van der Waals surface area contributed by atoms with Gasteiger partial charge in [0.1, 0.15) is 0 Å². The zero-order valence-corrected chi connectivity index (χ0v) is 29.2. The molecule has 1 fully saturated rings. The molecule has 260 valence electrons. The Kier molecular flexibility index (Phi) is 20.4. The van der Waals surface area contributed by atoms with Crippen molar-refractivity contribution in [2.75, 3.05) is 66.0 Å². The molecule has 10 nitrogen and oxygen atoms in total. The molecule has 0 saturated carbocycles. The van der Waals surface area contributed by atoms with E-state index in [9.17, 15) is 9.59 Å². The van der Waals surface area contributed by atoms with E-state index in [0.717, 1.165) is 58.2 Å². The van der Waals surface area contributed by atoms with Gasteiger partial charge in [-0.15, -0.1) is 0 Å². The highest BCUT2D eigenvalue weighted by Gasteiger charge is 2.34. The number of rotatable bonds is 27. The first-order chi connectivity index (χ1) is 22.4. The molecule has 1 aliphatic rings. The maximum atomic E-state index is 12.8. The number of nitrogens with zero attached hydrogens (tertiary/aromatic N) is 4. The number of benzene rings is 1. The van der Waals surface area contributed by atoms with E-state index in [0.29, 0.717) is 32.1 Å². The molecule has 1 saturated heterocycles. The van der Waals surface area contributed by atoms with Crippen LogP contribution in [-0.4, -0.2) is 116 Å². The van der Waals surface area contributed by atoms with Gasteiger partial charge in [-0.3, -0.25) is 20.4 Å². The lowest BCUT2D eigenvalue weighted by Crippen LogP contribution is -2.41. The number of hydrogen-bond donors (Lipinski definition) is 4. The number of unbranched alkanes of at least 4 members (excludes halogenated alkanes) is 9. The molecule has 1 aliphatic heterocycles. The third-order valence-electron chi connectivity index (χ3n) is 8.78. The van der Waals surface area contributed by atoms with Crippen LogP contribution in [0.1, 0.15) is 96.5 Å². The smallest absolute Gasteiger partial charge is 0.239 e. The summed E-state index contributed by atoms with van der Waals surface area (Å²) >= 11 is 0. The minimum absolute atomic E-state index is 0.0262. The number of amides is 2. The van der Waals surface area contributed by atoms with Gasteiger partial charge in [0.2, 0.25) is 11.8 Å². The van der Waals surface area contributed by atoms with E-state index in [1.165, 1.54) is 56.8 Å². The van der Waals surface area contributed by atoms with Gasteiger partial charge in [-0.05, 0) is 51.3 Å². The van der Waals surface area contributed by atoms with Crippen LogP contribution in [0.2, 0.25) is 0 Å². The summed E-state index contributed by atoms with van der Waals surface area (Å²) in [5.41, 5.74) is 1.27. The third-order valence-corrected chi connectivity index (χ3v) is 8.78. The van der Waals surface area contributed by atoms with Crippen molar-refractivity contribution >= 4 is 24.1 Å². The Balaban J connectivity index is 1.58. The largest absolute Gasteiger partial charge is 0.355 e. The zero-order valence-electron chi connectivity index (χ0n) is 29.2. The predicted octanol–water partition coefficient (Wildman–Crippen LogP) is 4.94. The van der Waals surface area contributed by atoms with Crippen molar-refractivity contribution in [3.05, 3.63) is 35.9 Å². The van der Waals surface area contributed by atoms with Crippen LogP contribution in [0, 0.1) is 10.8 Å². The fraction of sp³-hybridized carbons (Fsp3) is 0.722. The second-order valence-corrected chi connectivity index (χ2v) is 12.9. The SMILES string of the molecule is CCCCCCN(C)CCN(C=N)CC(=O)NCCCCCCNC(=O)CN1CC(Cc2ccccc2)N(CCCCCC)C1=N. The number of carbonyl (C=O) groups is 2. The number of guanidine groups is 1. The summed E-state index contributed by atoms with van der Waals surface area (Å²) in [5, 5.41) is 22.5. The topological polar surface area (TPSA) is 119 Å². The Hall–Kier alpha value is -3.14. The molecule has 4 N–H and O–H groups in total. The van der Waals surface area contributed by atoms with E-state index in [1.54, 1.807) is 4.90 Å². The molecule has 0 bridgehead atoms. The molecular weight excluding hydrogens is 576 g/mol. The van der Waals surface area contributed by atoms with Crippen LogP contribution in [0.25, 0.3) is 0 Å². The number of carbonyl (C=O) groups excluding carboxylic acids is 2. The van der Waals surface area contributed by atoms with Crippen LogP contribution in [0.5, 0.6) is 0 Å². The van der Waals surface area contributed by atoms with Gasteiger partial charge in [0.05, 0.1) is 25.5 Å². The van der Waals surface area contributed by atoms with E-state index in [-0.39, 0.29) is 30.9 Å². The van der Waals surface area contributed by atoms with Gasteiger partial charge in [-0.1, -0.05) is 95.5 Å². The number of hydrogen-bond acceptors (Lipinski definition) is 5. The Bertz CT molecular complexity index is 991. The molecule has 2 rings (SSSR count). The van der Waals surface area contributed by atoms with Crippen molar-refractivity contribution in [2.24, 2.45) is 0 Å². The van der Waals surface area contributed by atoms with Crippen molar-refractivity contribution in [3.8, 4) is 0 Å². The Labute approximate surface area is 279 Å². The maximum Gasteiger partial charge on any atom is 0.239 e. The zero-order chi connectivity index (χ0) is 33.4. The van der Waals surface area contributed by atoms with Gasteiger partial charge in [-0.25, -0.2) is 0 Å². The predicted molar refractivity (Wildman–Crippen MR) is 191 cm³/mol. The highest BCUT2D eigenvalue weighted by molar-refractivity contribution is 5.86. The summed E-state index contributed by atoms with van der Waals surface area (Å²) in [6.45, 7) is 10.3. The van der Waals surface area contributed by atoms with Crippen molar-refractivity contribution in [1.82, 2.24) is 30.2 Å². The molecule has 2 amide bonds. The lowest BCUT2D eigenvalue weighted by atomic mass is 10.1. The molecule has 1 heterocycles. The van der Waals surface area contributed by atoms with Gasteiger partial charge in [-0.2, -0.15) is 0 Å². The molecular formula is C36H64N8O2. The van der Waals surface area contributed by atoms with Gasteiger partial charge in [0.15, 0.2) is 5.96 Å². The summed E-state index contributed by atoms with van der Waals surface area (Å²) in [6, 6.07) is 10.7. The Morgan fingerprint density at radius 2 is 1.48 bits per heavy atom. The van der Waals surface area contributed by atoms with Crippen LogP contribution in [-0.2, 0) is 16.0 Å². The van der Waals surface area contributed by atoms with Crippen molar-refractivity contribution in [2.45, 2.75) is 103 Å². The normalized spacial score (nSPS) is 14.6. The Morgan fingerprint density at radius 3 is 2.13 bits per heavy atom. The van der Waals surface area contributed by atoms with E-state index in [1.807, 2.05) is 11.0 Å². The van der Waals surface area contributed by atoms with Crippen molar-refractivity contribution in [3.63, 3.8) is 0 Å². The first-order valence-corrected chi connectivity index (χ1v) is 18.0. The average molecular weight is 641 g/mol. The van der Waals surface area contributed by atoms with Gasteiger partial charge >= 0.3 is 0 Å². The molecule has 0 aromatic heterocycles. The molecule has 0 radical (unpaired) electrons. The van der Waals surface area contributed by atoms with Gasteiger partial charge in [0, 0.05) is 39.3 Å². The standard InChI is InChI=1S/C36H64N8O2/c1-4-6-8-17-23-41(3)25-26-42(31-37)29-34(45)39-21-15-10-11-16-22-40-35(46)30-43-28-33(27-32-19-13-12-14-20-32)44(36(43)38)24-18-9-7-5-2/h12-14,19-20,31,33,37-38H,4-11,15-18,21-30H2,1-3H3,(H,39,45)(H,40,46). The maximum absolute atomic E-state index is 12.8. The third kappa shape index (κ3) is 16.4. The van der Waals surface area contributed by atoms with E-state index < -0.39 is 0 Å². The highest BCUT2D eigenvalue weighted by atomic mass is 16.2. The van der Waals surface area contributed by atoms with Crippen LogP contribution in [0.3, 0.4) is 0 Å². The fourth-order valence-corrected chi connectivity index (χ4v) is 5.93. The lowest BCUT2D eigenvalue weighted by molar-refractivity contribution is -0.122. The second kappa shape index (κ2) is 24.1. The molecule has 0 spiro atoms. The minimum Gasteiger partial charge on any atom is -0.355 e. The number of nitrogens with one attached hydrogen (secondary N) is 4. The summed E-state index contributed by atoms with van der Waals surface area (Å²) in [4.78, 5) is 33.3. The molecule has 1 atom stereocenters. The van der Waals surface area contributed by atoms with Gasteiger partial charge < -0.3 is 30.2 Å². The molecule has 46 heavy (non-hydrogen) atoms. The lowest BCUT2D eigenvalue weighted by Gasteiger charge is -2.25. The van der Waals surface area contributed by atoms with E-state index in [2.05, 4.69) is 65.6 Å². The van der Waals surface area contributed by atoms with Crippen LogP contribution in [0.4, 0.5) is 0 Å². The monoisotopic (exact) mass is 641 g/mol. The van der Waals surface area contributed by atoms with Crippen molar-refractivity contribution < 1.29 is 9.59 Å². The molecule has 1 aromatic rings. The number of likely N-dealkylation sites (N-methyl/N-ethyl adjacent to an activating group) is 1. The summed E-state index contributed by atoms with van der Waals surface area (Å²) < 4.78 is 0. The van der Waals surface area contributed by atoms with Crippen molar-refractivity contribution in [1.29, 1.82) is 10.8 Å². The first kappa shape index (κ1) is 39.0.